The second-order valence-corrected chi connectivity index (χ2v) is 6.38. The smallest absolute Gasteiger partial charge is 0.226 e. The van der Waals surface area contributed by atoms with Crippen molar-refractivity contribution in [3.8, 4) is 11.5 Å². The first kappa shape index (κ1) is 18.1. The number of oxazole rings is 1. The van der Waals surface area contributed by atoms with Gasteiger partial charge in [0, 0.05) is 23.6 Å². The van der Waals surface area contributed by atoms with Gasteiger partial charge in [0.05, 0.1) is 12.2 Å². The van der Waals surface area contributed by atoms with Crippen LogP contribution in [0, 0.1) is 5.82 Å². The van der Waals surface area contributed by atoms with Gasteiger partial charge in [0.15, 0.2) is 5.96 Å². The zero-order valence-corrected chi connectivity index (χ0v) is 15.8. The molecule has 0 unspecified atom stereocenters. The molecule has 1 aromatic heterocycles. The van der Waals surface area contributed by atoms with E-state index in [2.05, 4.69) is 36.5 Å². The first-order valence-electron chi connectivity index (χ1n) is 8.04. The van der Waals surface area contributed by atoms with E-state index in [-0.39, 0.29) is 5.82 Å². The Balaban J connectivity index is 1.56. The van der Waals surface area contributed by atoms with E-state index in [1.165, 1.54) is 12.1 Å². The Bertz CT molecular complexity index is 896. The van der Waals surface area contributed by atoms with Gasteiger partial charge >= 0.3 is 0 Å². The summed E-state index contributed by atoms with van der Waals surface area (Å²) < 4.78 is 19.7. The molecule has 0 bridgehead atoms. The number of nitrogens with one attached hydrogen (secondary N) is 2. The first-order valence-corrected chi connectivity index (χ1v) is 8.83. The van der Waals surface area contributed by atoms with Gasteiger partial charge in [-0.1, -0.05) is 34.1 Å². The SMILES string of the molecule is CN=C(NCc1coc(-c2ccccc2)n1)NCc1cc(F)ccc1Br. The minimum atomic E-state index is -0.274. The number of guanidine groups is 1. The van der Waals surface area contributed by atoms with Crippen molar-refractivity contribution in [2.75, 3.05) is 7.05 Å². The highest BCUT2D eigenvalue weighted by Crippen LogP contribution is 2.18. The summed E-state index contributed by atoms with van der Waals surface area (Å²) in [6, 6.07) is 14.3. The third kappa shape index (κ3) is 4.70. The molecule has 2 aromatic carbocycles. The largest absolute Gasteiger partial charge is 0.444 e. The van der Waals surface area contributed by atoms with Gasteiger partial charge in [-0.15, -0.1) is 0 Å². The first-order chi connectivity index (χ1) is 12.7. The lowest BCUT2D eigenvalue weighted by atomic mass is 10.2. The van der Waals surface area contributed by atoms with Crippen LogP contribution in [0.15, 0.2) is 68.7 Å². The van der Waals surface area contributed by atoms with Gasteiger partial charge in [-0.25, -0.2) is 9.37 Å². The standard InChI is InChI=1S/C19H18BrFN4O/c1-22-19(23-10-14-9-15(21)7-8-17(14)20)24-11-16-12-26-18(25-16)13-5-3-2-4-6-13/h2-9,12H,10-11H2,1H3,(H2,22,23,24). The Kier molecular flexibility index (Phi) is 6.01. The minimum Gasteiger partial charge on any atom is -0.444 e. The number of aromatic nitrogens is 1. The molecule has 1 heterocycles. The van der Waals surface area contributed by atoms with Crippen molar-refractivity contribution < 1.29 is 8.81 Å². The van der Waals surface area contributed by atoms with Crippen LogP contribution in [0.25, 0.3) is 11.5 Å². The van der Waals surface area contributed by atoms with Crippen LogP contribution in [0.4, 0.5) is 4.39 Å². The van der Waals surface area contributed by atoms with Crippen LogP contribution in [0.5, 0.6) is 0 Å². The van der Waals surface area contributed by atoms with Crippen molar-refractivity contribution >= 4 is 21.9 Å². The number of benzene rings is 2. The third-order valence-electron chi connectivity index (χ3n) is 3.69. The van der Waals surface area contributed by atoms with Gasteiger partial charge < -0.3 is 15.1 Å². The molecule has 26 heavy (non-hydrogen) atoms. The van der Waals surface area contributed by atoms with Gasteiger partial charge in [-0.2, -0.15) is 0 Å². The highest BCUT2D eigenvalue weighted by Gasteiger charge is 2.08. The van der Waals surface area contributed by atoms with E-state index < -0.39 is 0 Å². The van der Waals surface area contributed by atoms with E-state index in [1.807, 2.05) is 30.3 Å². The summed E-state index contributed by atoms with van der Waals surface area (Å²) in [5.41, 5.74) is 2.50. The Morgan fingerprint density at radius 3 is 2.69 bits per heavy atom. The van der Waals surface area contributed by atoms with Crippen molar-refractivity contribution in [3.63, 3.8) is 0 Å². The van der Waals surface area contributed by atoms with Crippen LogP contribution < -0.4 is 10.6 Å². The summed E-state index contributed by atoms with van der Waals surface area (Å²) in [4.78, 5) is 8.62. The molecule has 0 aliphatic carbocycles. The van der Waals surface area contributed by atoms with E-state index in [4.69, 9.17) is 4.42 Å². The molecule has 0 aliphatic rings. The number of aliphatic imine (C=N–C) groups is 1. The van der Waals surface area contributed by atoms with Gasteiger partial charge in [-0.05, 0) is 35.9 Å². The number of halogens is 2. The molecule has 0 aliphatic heterocycles. The maximum absolute atomic E-state index is 13.4. The molecule has 0 saturated heterocycles. The van der Waals surface area contributed by atoms with Crippen molar-refractivity contribution in [3.05, 3.63) is 76.3 Å². The molecule has 3 rings (SSSR count). The van der Waals surface area contributed by atoms with Crippen LogP contribution in [0.2, 0.25) is 0 Å². The fourth-order valence-electron chi connectivity index (χ4n) is 2.35. The Labute approximate surface area is 159 Å². The quantitative estimate of drug-likeness (QED) is 0.485. The second kappa shape index (κ2) is 8.62. The van der Waals surface area contributed by atoms with Gasteiger partial charge in [0.25, 0.3) is 0 Å². The van der Waals surface area contributed by atoms with Crippen LogP contribution >= 0.6 is 15.9 Å². The minimum absolute atomic E-state index is 0.274. The zero-order chi connectivity index (χ0) is 18.4. The van der Waals surface area contributed by atoms with Gasteiger partial charge in [-0.3, -0.25) is 4.99 Å². The maximum Gasteiger partial charge on any atom is 0.226 e. The van der Waals surface area contributed by atoms with Crippen LogP contribution in [-0.4, -0.2) is 18.0 Å². The molecule has 0 fully saturated rings. The highest BCUT2D eigenvalue weighted by atomic mass is 79.9. The predicted molar refractivity (Wildman–Crippen MR) is 103 cm³/mol. The van der Waals surface area contributed by atoms with E-state index in [9.17, 15) is 4.39 Å². The fourth-order valence-corrected chi connectivity index (χ4v) is 2.74. The maximum atomic E-state index is 13.4. The molecule has 0 atom stereocenters. The van der Waals surface area contributed by atoms with Crippen LogP contribution in [0.3, 0.4) is 0 Å². The molecule has 0 amide bonds. The average molecular weight is 417 g/mol. The molecule has 0 spiro atoms. The highest BCUT2D eigenvalue weighted by molar-refractivity contribution is 9.10. The van der Waals surface area contributed by atoms with Crippen LogP contribution in [-0.2, 0) is 13.1 Å². The summed E-state index contributed by atoms with van der Waals surface area (Å²) in [5, 5.41) is 6.31. The van der Waals surface area contributed by atoms with E-state index in [0.29, 0.717) is 24.9 Å². The number of hydrogen-bond acceptors (Lipinski definition) is 3. The van der Waals surface area contributed by atoms with Crippen molar-refractivity contribution in [2.24, 2.45) is 4.99 Å². The summed E-state index contributed by atoms with van der Waals surface area (Å²) in [6.07, 6.45) is 1.62. The summed E-state index contributed by atoms with van der Waals surface area (Å²) in [7, 11) is 1.67. The third-order valence-corrected chi connectivity index (χ3v) is 4.46. The molecule has 3 aromatic rings. The molecule has 2 N–H and O–H groups in total. The molecule has 0 radical (unpaired) electrons. The monoisotopic (exact) mass is 416 g/mol. The lowest BCUT2D eigenvalue weighted by Gasteiger charge is -2.12. The molecule has 5 nitrogen and oxygen atoms in total. The van der Waals surface area contributed by atoms with Gasteiger partial charge in [0.1, 0.15) is 12.1 Å². The normalized spacial score (nSPS) is 11.4. The summed E-state index contributed by atoms with van der Waals surface area (Å²) in [6.45, 7) is 0.895. The molecule has 0 saturated carbocycles. The Hall–Kier alpha value is -2.67. The van der Waals surface area contributed by atoms with Crippen molar-refractivity contribution in [1.29, 1.82) is 0 Å². The fraction of sp³-hybridized carbons (Fsp3) is 0.158. The van der Waals surface area contributed by atoms with Crippen LogP contribution in [0.1, 0.15) is 11.3 Å². The Morgan fingerprint density at radius 2 is 1.92 bits per heavy atom. The van der Waals surface area contributed by atoms with E-state index in [0.717, 1.165) is 21.3 Å². The summed E-state index contributed by atoms with van der Waals surface area (Å²) >= 11 is 3.41. The number of hydrogen-bond donors (Lipinski definition) is 2. The van der Waals surface area contributed by atoms with E-state index in [1.54, 1.807) is 19.4 Å². The second-order valence-electron chi connectivity index (χ2n) is 5.53. The number of nitrogens with zero attached hydrogens (tertiary/aromatic N) is 2. The summed E-state index contributed by atoms with van der Waals surface area (Å²) in [5.74, 6) is 0.892. The lowest BCUT2D eigenvalue weighted by Crippen LogP contribution is -2.36. The lowest BCUT2D eigenvalue weighted by molar-refractivity contribution is 0.572. The van der Waals surface area contributed by atoms with Gasteiger partial charge in [0.2, 0.25) is 5.89 Å². The topological polar surface area (TPSA) is 62.5 Å². The number of rotatable bonds is 5. The average Bonchev–Trinajstić information content (AvgIpc) is 3.14. The van der Waals surface area contributed by atoms with Crippen molar-refractivity contribution in [2.45, 2.75) is 13.1 Å². The molecule has 134 valence electrons. The van der Waals surface area contributed by atoms with Crippen molar-refractivity contribution in [1.82, 2.24) is 15.6 Å². The zero-order valence-electron chi connectivity index (χ0n) is 14.2. The molecule has 7 heteroatoms. The Morgan fingerprint density at radius 1 is 1.15 bits per heavy atom. The molecular formula is C19H18BrFN4O. The predicted octanol–water partition coefficient (Wildman–Crippen LogP) is 4.11. The molecular weight excluding hydrogens is 399 g/mol. The van der Waals surface area contributed by atoms with E-state index >= 15 is 0 Å².